The second-order valence-corrected chi connectivity index (χ2v) is 4.82. The number of nitrogens with zero attached hydrogens (tertiary/aromatic N) is 1. The molecule has 0 aromatic carbocycles. The molecule has 6 heteroatoms. The number of thiazole rings is 1. The Kier molecular flexibility index (Phi) is 3.11. The van der Waals surface area contributed by atoms with Crippen molar-refractivity contribution in [2.75, 3.05) is 0 Å². The predicted molar refractivity (Wildman–Crippen MR) is 53.8 cm³/mol. The molecule has 1 heterocycles. The summed E-state index contributed by atoms with van der Waals surface area (Å²) in [6, 6.07) is 0. The average Bonchev–Trinajstić information content (AvgIpc) is 2.49. The van der Waals surface area contributed by atoms with Crippen molar-refractivity contribution in [1.82, 2.24) is 4.98 Å². The maximum absolute atomic E-state index is 12.6. The van der Waals surface area contributed by atoms with Crippen molar-refractivity contribution in [3.05, 3.63) is 16.1 Å². The molecule has 0 aliphatic heterocycles. The van der Waals surface area contributed by atoms with E-state index in [4.69, 9.17) is 5.73 Å². The number of alkyl halides is 3. The van der Waals surface area contributed by atoms with Crippen molar-refractivity contribution in [2.45, 2.75) is 38.4 Å². The first-order valence-electron chi connectivity index (χ1n) is 4.47. The molecule has 1 atom stereocenters. The minimum absolute atomic E-state index is 0.108. The van der Waals surface area contributed by atoms with E-state index in [0.717, 1.165) is 6.92 Å². The number of nitrogens with two attached hydrogens (primary N) is 1. The fourth-order valence-corrected chi connectivity index (χ4v) is 1.89. The predicted octanol–water partition coefficient (Wildman–Crippen LogP) is 3.00. The van der Waals surface area contributed by atoms with Gasteiger partial charge in [0.2, 0.25) is 0 Å². The largest absolute Gasteiger partial charge is 0.411 e. The first kappa shape index (κ1) is 12.4. The maximum atomic E-state index is 12.6. The highest BCUT2D eigenvalue weighted by atomic mass is 32.1. The fourth-order valence-electron chi connectivity index (χ4n) is 0.937. The number of rotatable bonds is 2. The van der Waals surface area contributed by atoms with Gasteiger partial charge in [-0.1, -0.05) is 13.8 Å². The molecule has 1 rings (SSSR count). The molecule has 1 unspecified atom stereocenters. The van der Waals surface area contributed by atoms with Crippen LogP contribution in [-0.2, 0) is 5.54 Å². The quantitative estimate of drug-likeness (QED) is 0.860. The number of hydrogen-bond donors (Lipinski definition) is 1. The van der Waals surface area contributed by atoms with Crippen molar-refractivity contribution < 1.29 is 13.2 Å². The molecular formula is C9H13F3N2S. The Labute approximate surface area is 90.3 Å². The van der Waals surface area contributed by atoms with Crippen molar-refractivity contribution in [3.8, 4) is 0 Å². The summed E-state index contributed by atoms with van der Waals surface area (Å²) in [6.07, 6.45) is -4.48. The first-order chi connectivity index (χ1) is 6.66. The maximum Gasteiger partial charge on any atom is 0.411 e. The van der Waals surface area contributed by atoms with Crippen molar-refractivity contribution in [1.29, 1.82) is 0 Å². The lowest BCUT2D eigenvalue weighted by molar-refractivity contribution is -0.185. The normalized spacial score (nSPS) is 16.8. The van der Waals surface area contributed by atoms with Gasteiger partial charge in [-0.2, -0.15) is 13.2 Å². The molecule has 2 N–H and O–H groups in total. The average molecular weight is 238 g/mol. The summed E-state index contributed by atoms with van der Waals surface area (Å²) >= 11 is 1.21. The van der Waals surface area contributed by atoms with E-state index in [0.29, 0.717) is 5.01 Å². The van der Waals surface area contributed by atoms with Gasteiger partial charge < -0.3 is 5.73 Å². The van der Waals surface area contributed by atoms with E-state index in [9.17, 15) is 13.2 Å². The van der Waals surface area contributed by atoms with Crippen LogP contribution in [0.2, 0.25) is 0 Å². The third kappa shape index (κ3) is 2.31. The van der Waals surface area contributed by atoms with Crippen LogP contribution < -0.4 is 5.73 Å². The van der Waals surface area contributed by atoms with Gasteiger partial charge in [0, 0.05) is 11.3 Å². The molecule has 0 aliphatic rings. The lowest BCUT2D eigenvalue weighted by Gasteiger charge is -2.25. The summed E-state index contributed by atoms with van der Waals surface area (Å²) in [5.74, 6) is 0.118. The third-order valence-electron chi connectivity index (χ3n) is 2.14. The van der Waals surface area contributed by atoms with Gasteiger partial charge in [0.25, 0.3) is 0 Å². The van der Waals surface area contributed by atoms with E-state index in [1.807, 2.05) is 13.8 Å². The molecule has 0 spiro atoms. The Morgan fingerprint density at radius 2 is 1.93 bits per heavy atom. The minimum Gasteiger partial charge on any atom is -0.313 e. The van der Waals surface area contributed by atoms with Gasteiger partial charge in [-0.15, -0.1) is 11.3 Å². The van der Waals surface area contributed by atoms with E-state index >= 15 is 0 Å². The Morgan fingerprint density at radius 3 is 2.27 bits per heavy atom. The molecule has 15 heavy (non-hydrogen) atoms. The SMILES string of the molecule is CC(C)c1nc(C(C)(N)C(F)(F)F)cs1. The van der Waals surface area contributed by atoms with Crippen LogP contribution in [0.25, 0.3) is 0 Å². The van der Waals surface area contributed by atoms with Crippen LogP contribution in [0.3, 0.4) is 0 Å². The summed E-state index contributed by atoms with van der Waals surface area (Å²) in [4.78, 5) is 3.92. The highest BCUT2D eigenvalue weighted by Gasteiger charge is 2.51. The monoisotopic (exact) mass is 238 g/mol. The topological polar surface area (TPSA) is 38.9 Å². The van der Waals surface area contributed by atoms with Crippen molar-refractivity contribution in [3.63, 3.8) is 0 Å². The van der Waals surface area contributed by atoms with E-state index in [2.05, 4.69) is 4.98 Å². The summed E-state index contributed by atoms with van der Waals surface area (Å²) in [7, 11) is 0. The molecule has 1 aromatic heterocycles. The molecule has 0 bridgehead atoms. The first-order valence-corrected chi connectivity index (χ1v) is 5.35. The molecule has 0 amide bonds. The Balaban J connectivity index is 3.06. The van der Waals surface area contributed by atoms with Gasteiger partial charge in [-0.3, -0.25) is 0 Å². The Morgan fingerprint density at radius 1 is 1.40 bits per heavy atom. The molecule has 0 saturated carbocycles. The van der Waals surface area contributed by atoms with Crippen LogP contribution in [0.5, 0.6) is 0 Å². The van der Waals surface area contributed by atoms with Gasteiger partial charge in [0.15, 0.2) is 5.54 Å². The van der Waals surface area contributed by atoms with Gasteiger partial charge in [-0.05, 0) is 6.92 Å². The highest BCUT2D eigenvalue weighted by Crippen LogP contribution is 2.37. The lowest BCUT2D eigenvalue weighted by atomic mass is 10.00. The molecule has 1 aromatic rings. The Bertz CT molecular complexity index is 341. The van der Waals surface area contributed by atoms with Gasteiger partial charge in [-0.25, -0.2) is 4.98 Å². The highest BCUT2D eigenvalue weighted by molar-refractivity contribution is 7.09. The second-order valence-electron chi connectivity index (χ2n) is 3.93. The van der Waals surface area contributed by atoms with Gasteiger partial charge in [0.1, 0.15) is 0 Å². The summed E-state index contributed by atoms with van der Waals surface area (Å²) < 4.78 is 37.7. The summed E-state index contributed by atoms with van der Waals surface area (Å²) in [6.45, 7) is 4.69. The van der Waals surface area contributed by atoms with Gasteiger partial charge >= 0.3 is 6.18 Å². The molecule has 0 fully saturated rings. The standard InChI is InChI=1S/C9H13F3N2S/c1-5(2)7-14-6(4-15-7)8(3,13)9(10,11)12/h4-5H,13H2,1-3H3. The van der Waals surface area contributed by atoms with Crippen LogP contribution in [0.4, 0.5) is 13.2 Å². The van der Waals surface area contributed by atoms with Crippen molar-refractivity contribution >= 4 is 11.3 Å². The number of aromatic nitrogens is 1. The van der Waals surface area contributed by atoms with E-state index in [1.54, 1.807) is 0 Å². The van der Waals surface area contributed by atoms with E-state index in [1.165, 1.54) is 16.7 Å². The fraction of sp³-hybridized carbons (Fsp3) is 0.667. The zero-order valence-corrected chi connectivity index (χ0v) is 9.54. The van der Waals surface area contributed by atoms with Crippen LogP contribution in [0, 0.1) is 0 Å². The van der Waals surface area contributed by atoms with Crippen LogP contribution in [-0.4, -0.2) is 11.2 Å². The molecular weight excluding hydrogens is 225 g/mol. The zero-order valence-electron chi connectivity index (χ0n) is 8.72. The minimum atomic E-state index is -4.48. The van der Waals surface area contributed by atoms with Crippen LogP contribution in [0.15, 0.2) is 5.38 Å². The van der Waals surface area contributed by atoms with E-state index in [-0.39, 0.29) is 11.6 Å². The smallest absolute Gasteiger partial charge is 0.313 e. The summed E-state index contributed by atoms with van der Waals surface area (Å²) in [5.41, 5.74) is 2.78. The zero-order chi connectivity index (χ0) is 11.9. The number of hydrogen-bond acceptors (Lipinski definition) is 3. The molecule has 86 valence electrons. The molecule has 0 aliphatic carbocycles. The molecule has 0 radical (unpaired) electrons. The second kappa shape index (κ2) is 3.75. The lowest BCUT2D eigenvalue weighted by Crippen LogP contribution is -2.48. The van der Waals surface area contributed by atoms with Crippen LogP contribution >= 0.6 is 11.3 Å². The van der Waals surface area contributed by atoms with E-state index < -0.39 is 11.7 Å². The van der Waals surface area contributed by atoms with Gasteiger partial charge in [0.05, 0.1) is 10.7 Å². The third-order valence-corrected chi connectivity index (χ3v) is 3.28. The Hall–Kier alpha value is -0.620. The number of halogens is 3. The van der Waals surface area contributed by atoms with Crippen molar-refractivity contribution in [2.24, 2.45) is 5.73 Å². The molecule has 2 nitrogen and oxygen atoms in total. The molecule has 0 saturated heterocycles. The van der Waals surface area contributed by atoms with Crippen LogP contribution in [0.1, 0.15) is 37.4 Å². The summed E-state index contributed by atoms with van der Waals surface area (Å²) in [5, 5.41) is 2.05.